The number of rotatable bonds is 2. The van der Waals surface area contributed by atoms with Gasteiger partial charge in [0.05, 0.1) is 10.9 Å². The number of nitrogens with zero attached hydrogens (tertiary/aromatic N) is 1. The van der Waals surface area contributed by atoms with Crippen molar-refractivity contribution in [2.75, 3.05) is 0 Å². The molecule has 0 radical (unpaired) electrons. The molecule has 0 aliphatic carbocycles. The fourth-order valence-electron chi connectivity index (χ4n) is 2.68. The van der Waals surface area contributed by atoms with Gasteiger partial charge in [-0.1, -0.05) is 12.1 Å². The lowest BCUT2D eigenvalue weighted by atomic mass is 10.0. The number of carbonyl (C=O) groups is 3. The predicted octanol–water partition coefficient (Wildman–Crippen LogP) is 0.677. The van der Waals surface area contributed by atoms with Crippen LogP contribution in [0, 0.1) is 0 Å². The van der Waals surface area contributed by atoms with E-state index in [0.29, 0.717) is 5.39 Å². The average molecular weight is 300 g/mol. The molecule has 1 aliphatic heterocycles. The third-order valence-corrected chi connectivity index (χ3v) is 3.74. The van der Waals surface area contributed by atoms with E-state index < -0.39 is 23.5 Å². The summed E-state index contributed by atoms with van der Waals surface area (Å²) in [6.07, 6.45) is 1.81. The van der Waals surface area contributed by atoms with Gasteiger partial charge in [0.2, 0.25) is 11.8 Å². The normalized spacial score (nSPS) is 18.3. The van der Waals surface area contributed by atoms with Gasteiger partial charge in [-0.25, -0.2) is 4.79 Å². The molecule has 7 nitrogen and oxygen atoms in total. The van der Waals surface area contributed by atoms with E-state index in [-0.39, 0.29) is 29.7 Å². The number of nitrogens with one attached hydrogen (secondary N) is 1. The van der Waals surface area contributed by atoms with Crippen LogP contribution in [0.1, 0.15) is 29.2 Å². The lowest BCUT2D eigenvalue weighted by molar-refractivity contribution is -0.135. The number of aromatic nitrogens is 1. The number of amides is 2. The van der Waals surface area contributed by atoms with Crippen molar-refractivity contribution in [2.24, 2.45) is 0 Å². The maximum Gasteiger partial charge on any atom is 0.336 e. The van der Waals surface area contributed by atoms with Crippen LogP contribution >= 0.6 is 0 Å². The first-order valence-electron chi connectivity index (χ1n) is 6.70. The first-order valence-corrected chi connectivity index (χ1v) is 6.70. The van der Waals surface area contributed by atoms with Crippen molar-refractivity contribution < 1.29 is 19.5 Å². The highest BCUT2D eigenvalue weighted by Gasteiger charge is 2.29. The van der Waals surface area contributed by atoms with E-state index in [9.17, 15) is 24.3 Å². The minimum atomic E-state index is -1.20. The summed E-state index contributed by atoms with van der Waals surface area (Å²) in [4.78, 5) is 47.0. The maximum absolute atomic E-state index is 12.6. The number of carboxylic acid groups (broad SMARTS) is 1. The van der Waals surface area contributed by atoms with Gasteiger partial charge in [-0.3, -0.25) is 19.7 Å². The lowest BCUT2D eigenvalue weighted by Crippen LogP contribution is -2.44. The van der Waals surface area contributed by atoms with E-state index in [4.69, 9.17) is 0 Å². The third-order valence-electron chi connectivity index (χ3n) is 3.74. The fraction of sp³-hybridized carbons (Fsp3) is 0.200. The van der Waals surface area contributed by atoms with E-state index in [1.165, 1.54) is 16.8 Å². The van der Waals surface area contributed by atoms with E-state index in [2.05, 4.69) is 5.32 Å². The number of hydrogen-bond acceptors (Lipinski definition) is 4. The number of piperidine rings is 1. The monoisotopic (exact) mass is 300 g/mol. The summed E-state index contributed by atoms with van der Waals surface area (Å²) in [6, 6.07) is 5.32. The highest BCUT2D eigenvalue weighted by atomic mass is 16.4. The summed E-state index contributed by atoms with van der Waals surface area (Å²) in [5.41, 5.74) is -0.658. The predicted molar refractivity (Wildman–Crippen MR) is 76.6 cm³/mol. The van der Waals surface area contributed by atoms with E-state index in [1.54, 1.807) is 18.2 Å². The maximum atomic E-state index is 12.6. The molecular weight excluding hydrogens is 288 g/mol. The van der Waals surface area contributed by atoms with Crippen LogP contribution in [0.5, 0.6) is 0 Å². The van der Waals surface area contributed by atoms with Crippen LogP contribution in [0.25, 0.3) is 10.8 Å². The molecule has 1 saturated heterocycles. The van der Waals surface area contributed by atoms with Gasteiger partial charge in [-0.15, -0.1) is 0 Å². The molecule has 2 amide bonds. The van der Waals surface area contributed by atoms with Gasteiger partial charge in [0.15, 0.2) is 0 Å². The summed E-state index contributed by atoms with van der Waals surface area (Å²) in [5, 5.41) is 12.0. The Morgan fingerprint density at radius 2 is 2.00 bits per heavy atom. The smallest absolute Gasteiger partial charge is 0.336 e. The number of carbonyl (C=O) groups excluding carboxylic acids is 2. The molecule has 3 rings (SSSR count). The molecule has 2 heterocycles. The molecule has 1 aromatic heterocycles. The molecule has 0 spiro atoms. The second-order valence-corrected chi connectivity index (χ2v) is 5.07. The highest BCUT2D eigenvalue weighted by Crippen LogP contribution is 2.20. The molecule has 1 fully saturated rings. The van der Waals surface area contributed by atoms with Gasteiger partial charge in [-0.05, 0) is 23.9 Å². The van der Waals surface area contributed by atoms with E-state index in [0.717, 1.165) is 0 Å². The molecule has 1 aromatic carbocycles. The van der Waals surface area contributed by atoms with Gasteiger partial charge in [0, 0.05) is 12.6 Å². The van der Waals surface area contributed by atoms with Crippen molar-refractivity contribution in [2.45, 2.75) is 18.9 Å². The van der Waals surface area contributed by atoms with Crippen molar-refractivity contribution in [3.05, 3.63) is 46.4 Å². The molecule has 22 heavy (non-hydrogen) atoms. The van der Waals surface area contributed by atoms with Crippen LogP contribution in [-0.4, -0.2) is 27.5 Å². The standard InChI is InChI=1S/C15H12N2O5/c18-11-5-4-10(13(19)16-11)17-7-6-8-2-1-3-9(15(21)22)12(8)14(17)20/h1-3,6-7,10H,4-5H2,(H,21,22)(H,16,18,19). The van der Waals surface area contributed by atoms with Crippen LogP contribution in [0.3, 0.4) is 0 Å². The van der Waals surface area contributed by atoms with E-state index >= 15 is 0 Å². The van der Waals surface area contributed by atoms with Crippen molar-refractivity contribution in [3.8, 4) is 0 Å². The minimum Gasteiger partial charge on any atom is -0.478 e. The molecule has 0 saturated carbocycles. The molecule has 0 bridgehead atoms. The molecule has 7 heteroatoms. The molecule has 112 valence electrons. The van der Waals surface area contributed by atoms with Crippen LogP contribution in [0.2, 0.25) is 0 Å². The largest absolute Gasteiger partial charge is 0.478 e. The summed E-state index contributed by atoms with van der Waals surface area (Å²) in [7, 11) is 0. The Morgan fingerprint density at radius 1 is 1.23 bits per heavy atom. The lowest BCUT2D eigenvalue weighted by Gasteiger charge is -2.23. The zero-order valence-electron chi connectivity index (χ0n) is 11.4. The van der Waals surface area contributed by atoms with Crippen molar-refractivity contribution in [1.82, 2.24) is 9.88 Å². The molecule has 1 aliphatic rings. The average Bonchev–Trinajstić information content (AvgIpc) is 2.48. The Morgan fingerprint density at radius 3 is 2.68 bits per heavy atom. The second-order valence-electron chi connectivity index (χ2n) is 5.07. The Labute approximate surface area is 124 Å². The third kappa shape index (κ3) is 2.16. The van der Waals surface area contributed by atoms with Crippen LogP contribution < -0.4 is 10.9 Å². The highest BCUT2D eigenvalue weighted by molar-refractivity contribution is 6.03. The number of benzene rings is 1. The zero-order chi connectivity index (χ0) is 15.9. The fourth-order valence-corrected chi connectivity index (χ4v) is 2.68. The van der Waals surface area contributed by atoms with Gasteiger partial charge < -0.3 is 9.67 Å². The first-order chi connectivity index (χ1) is 10.5. The quantitative estimate of drug-likeness (QED) is 0.793. The number of hydrogen-bond donors (Lipinski definition) is 2. The molecule has 1 unspecified atom stereocenters. The minimum absolute atomic E-state index is 0.0576. The van der Waals surface area contributed by atoms with Gasteiger partial charge in [0.1, 0.15) is 6.04 Å². The molecular formula is C15H12N2O5. The number of aromatic carboxylic acids is 1. The van der Waals surface area contributed by atoms with Crippen molar-refractivity contribution >= 4 is 28.6 Å². The van der Waals surface area contributed by atoms with Crippen molar-refractivity contribution in [3.63, 3.8) is 0 Å². The molecule has 1 atom stereocenters. The Kier molecular flexibility index (Phi) is 3.25. The molecule has 2 aromatic rings. The summed E-state index contributed by atoms with van der Waals surface area (Å²) in [6.45, 7) is 0. The van der Waals surface area contributed by atoms with Gasteiger partial charge >= 0.3 is 5.97 Å². The Hall–Kier alpha value is -2.96. The first kappa shape index (κ1) is 14.0. The number of fused-ring (bicyclic) bond motifs is 1. The van der Waals surface area contributed by atoms with Crippen LogP contribution in [0.4, 0.5) is 0 Å². The van der Waals surface area contributed by atoms with Gasteiger partial charge in [-0.2, -0.15) is 0 Å². The molecule has 2 N–H and O–H groups in total. The SMILES string of the molecule is O=C1CCC(n2ccc3cccc(C(=O)O)c3c2=O)C(=O)N1. The summed E-state index contributed by atoms with van der Waals surface area (Å²) in [5.74, 6) is -2.13. The van der Waals surface area contributed by atoms with Crippen molar-refractivity contribution in [1.29, 1.82) is 0 Å². The zero-order valence-corrected chi connectivity index (χ0v) is 11.4. The summed E-state index contributed by atoms with van der Waals surface area (Å²) >= 11 is 0. The number of pyridine rings is 1. The topological polar surface area (TPSA) is 105 Å². The van der Waals surface area contributed by atoms with Crippen LogP contribution in [0.15, 0.2) is 35.3 Å². The van der Waals surface area contributed by atoms with E-state index in [1.807, 2.05) is 0 Å². The number of imide groups is 1. The number of carboxylic acids is 1. The summed E-state index contributed by atoms with van der Waals surface area (Å²) < 4.78 is 1.19. The van der Waals surface area contributed by atoms with Crippen LogP contribution in [-0.2, 0) is 9.59 Å². The van der Waals surface area contributed by atoms with Gasteiger partial charge in [0.25, 0.3) is 5.56 Å². The second kappa shape index (κ2) is 5.10. The Bertz CT molecular complexity index is 868. The Balaban J connectivity index is 2.20.